The molecular weight excluding hydrogens is 359 g/mol. The number of carbonyl (C=O) groups is 3. The molecule has 0 radical (unpaired) electrons. The molecule has 1 fully saturated rings. The summed E-state index contributed by atoms with van der Waals surface area (Å²) in [5.41, 5.74) is 6.61. The second-order valence-electron chi connectivity index (χ2n) is 7.07. The standard InChI is InChI=1S/C22H23FN2O3/c23-19-13-16(8-9-18(19)15-5-2-1-3-6-15)22(28)17-7-4-12-25(14-17)21(27)11-10-20(24)26/h1-3,5-6,8-9,13,17H,4,7,10-12,14H2,(H2,24,26). The minimum atomic E-state index is -0.521. The van der Waals surface area contributed by atoms with E-state index in [0.717, 1.165) is 5.56 Å². The molecule has 0 aromatic heterocycles. The topological polar surface area (TPSA) is 80.5 Å². The van der Waals surface area contributed by atoms with Crippen LogP contribution in [0.15, 0.2) is 48.5 Å². The number of rotatable bonds is 6. The van der Waals surface area contributed by atoms with Crippen LogP contribution >= 0.6 is 0 Å². The third kappa shape index (κ3) is 4.63. The first-order valence-electron chi connectivity index (χ1n) is 9.41. The van der Waals surface area contributed by atoms with Crippen molar-refractivity contribution in [2.24, 2.45) is 11.7 Å². The van der Waals surface area contributed by atoms with Gasteiger partial charge in [0.1, 0.15) is 5.82 Å². The number of likely N-dealkylation sites (tertiary alicyclic amines) is 1. The Bertz CT molecular complexity index is 883. The van der Waals surface area contributed by atoms with Crippen LogP contribution in [-0.2, 0) is 9.59 Å². The van der Waals surface area contributed by atoms with Gasteiger partial charge >= 0.3 is 0 Å². The highest BCUT2D eigenvalue weighted by molar-refractivity contribution is 5.98. The maximum absolute atomic E-state index is 14.6. The fourth-order valence-corrected chi connectivity index (χ4v) is 3.56. The molecule has 1 unspecified atom stereocenters. The van der Waals surface area contributed by atoms with Crippen LogP contribution < -0.4 is 5.73 Å². The maximum atomic E-state index is 14.6. The Kier molecular flexibility index (Phi) is 6.19. The van der Waals surface area contributed by atoms with E-state index in [1.165, 1.54) is 6.07 Å². The molecule has 1 aliphatic heterocycles. The van der Waals surface area contributed by atoms with Gasteiger partial charge in [-0.15, -0.1) is 0 Å². The van der Waals surface area contributed by atoms with E-state index in [1.807, 2.05) is 30.3 Å². The van der Waals surface area contributed by atoms with Crippen LogP contribution in [0.4, 0.5) is 4.39 Å². The molecule has 1 saturated heterocycles. The van der Waals surface area contributed by atoms with Crippen LogP contribution in [0.3, 0.4) is 0 Å². The van der Waals surface area contributed by atoms with Crippen molar-refractivity contribution in [1.29, 1.82) is 0 Å². The summed E-state index contributed by atoms with van der Waals surface area (Å²) in [5, 5.41) is 0. The highest BCUT2D eigenvalue weighted by atomic mass is 19.1. The normalized spacial score (nSPS) is 16.6. The molecule has 0 bridgehead atoms. The van der Waals surface area contributed by atoms with Gasteiger partial charge in [-0.05, 0) is 24.5 Å². The first kappa shape index (κ1) is 19.7. The number of ketones is 1. The highest BCUT2D eigenvalue weighted by Crippen LogP contribution is 2.26. The zero-order valence-electron chi connectivity index (χ0n) is 15.6. The second-order valence-corrected chi connectivity index (χ2v) is 7.07. The number of hydrogen-bond donors (Lipinski definition) is 1. The lowest BCUT2D eigenvalue weighted by Gasteiger charge is -2.32. The zero-order chi connectivity index (χ0) is 20.1. The monoisotopic (exact) mass is 382 g/mol. The lowest BCUT2D eigenvalue weighted by Crippen LogP contribution is -2.42. The molecule has 1 heterocycles. The summed E-state index contributed by atoms with van der Waals surface area (Å²) in [7, 11) is 0. The minimum Gasteiger partial charge on any atom is -0.370 e. The Labute approximate surface area is 163 Å². The lowest BCUT2D eigenvalue weighted by molar-refractivity contribution is -0.134. The van der Waals surface area contributed by atoms with Gasteiger partial charge in [0.15, 0.2) is 5.78 Å². The van der Waals surface area contributed by atoms with Gasteiger partial charge < -0.3 is 10.6 Å². The smallest absolute Gasteiger partial charge is 0.223 e. The average Bonchev–Trinajstić information content (AvgIpc) is 2.72. The molecule has 2 aromatic carbocycles. The predicted octanol–water partition coefficient (Wildman–Crippen LogP) is 3.18. The van der Waals surface area contributed by atoms with Gasteiger partial charge in [-0.3, -0.25) is 14.4 Å². The van der Waals surface area contributed by atoms with Crippen molar-refractivity contribution in [3.05, 3.63) is 59.9 Å². The van der Waals surface area contributed by atoms with E-state index < -0.39 is 11.7 Å². The number of carbonyl (C=O) groups excluding carboxylic acids is 3. The summed E-state index contributed by atoms with van der Waals surface area (Å²) in [6.07, 6.45) is 1.40. The Morgan fingerprint density at radius 3 is 2.50 bits per heavy atom. The molecule has 1 aliphatic rings. The van der Waals surface area contributed by atoms with Gasteiger partial charge in [-0.2, -0.15) is 0 Å². The summed E-state index contributed by atoms with van der Waals surface area (Å²) < 4.78 is 14.6. The lowest BCUT2D eigenvalue weighted by atomic mass is 9.89. The van der Waals surface area contributed by atoms with Crippen LogP contribution in [0.5, 0.6) is 0 Å². The summed E-state index contributed by atoms with van der Waals surface area (Å²) in [6.45, 7) is 0.848. The third-order valence-corrected chi connectivity index (χ3v) is 5.07. The molecule has 146 valence electrons. The largest absolute Gasteiger partial charge is 0.370 e. The van der Waals surface area contributed by atoms with Crippen molar-refractivity contribution in [2.45, 2.75) is 25.7 Å². The molecule has 3 rings (SSSR count). The number of amides is 2. The summed E-state index contributed by atoms with van der Waals surface area (Å²) >= 11 is 0. The van der Waals surface area contributed by atoms with Gasteiger partial charge in [0.05, 0.1) is 0 Å². The molecule has 2 amide bonds. The number of nitrogens with two attached hydrogens (primary N) is 1. The SMILES string of the molecule is NC(=O)CCC(=O)N1CCCC(C(=O)c2ccc(-c3ccccc3)c(F)c2)C1. The number of halogens is 1. The number of benzene rings is 2. The van der Waals surface area contributed by atoms with Gasteiger partial charge in [-0.1, -0.05) is 42.5 Å². The Balaban J connectivity index is 1.70. The summed E-state index contributed by atoms with van der Waals surface area (Å²) in [6, 6.07) is 13.7. The van der Waals surface area contributed by atoms with Crippen LogP contribution in [0, 0.1) is 11.7 Å². The Morgan fingerprint density at radius 1 is 1.07 bits per heavy atom. The van der Waals surface area contributed by atoms with Crippen molar-refractivity contribution in [1.82, 2.24) is 4.90 Å². The van der Waals surface area contributed by atoms with Gasteiger partial charge in [0.25, 0.3) is 0 Å². The average molecular weight is 382 g/mol. The minimum absolute atomic E-state index is 0.000105. The molecular formula is C22H23FN2O3. The molecule has 6 heteroatoms. The molecule has 0 spiro atoms. The zero-order valence-corrected chi connectivity index (χ0v) is 15.6. The molecule has 5 nitrogen and oxygen atoms in total. The van der Waals surface area contributed by atoms with Crippen molar-refractivity contribution in [3.63, 3.8) is 0 Å². The van der Waals surface area contributed by atoms with E-state index in [-0.39, 0.29) is 30.4 Å². The second kappa shape index (κ2) is 8.78. The van der Waals surface area contributed by atoms with Crippen LogP contribution in [-0.4, -0.2) is 35.6 Å². The molecule has 1 atom stereocenters. The van der Waals surface area contributed by atoms with Crippen molar-refractivity contribution in [2.75, 3.05) is 13.1 Å². The first-order chi connectivity index (χ1) is 13.5. The quantitative estimate of drug-likeness (QED) is 0.779. The number of piperidine rings is 1. The summed E-state index contributed by atoms with van der Waals surface area (Å²) in [4.78, 5) is 37.5. The molecule has 2 N–H and O–H groups in total. The first-order valence-corrected chi connectivity index (χ1v) is 9.41. The van der Waals surface area contributed by atoms with E-state index in [9.17, 15) is 18.8 Å². The maximum Gasteiger partial charge on any atom is 0.223 e. The Hall–Kier alpha value is -3.02. The number of primary amides is 1. The Morgan fingerprint density at radius 2 is 1.82 bits per heavy atom. The fraction of sp³-hybridized carbons (Fsp3) is 0.318. The number of nitrogens with zero attached hydrogens (tertiary/aromatic N) is 1. The number of hydrogen-bond acceptors (Lipinski definition) is 3. The van der Waals surface area contributed by atoms with Crippen LogP contribution in [0.2, 0.25) is 0 Å². The highest BCUT2D eigenvalue weighted by Gasteiger charge is 2.29. The van der Waals surface area contributed by atoms with Gasteiger partial charge in [0, 0.05) is 43.0 Å². The van der Waals surface area contributed by atoms with Gasteiger partial charge in [0.2, 0.25) is 11.8 Å². The predicted molar refractivity (Wildman–Crippen MR) is 104 cm³/mol. The van der Waals surface area contributed by atoms with Crippen molar-refractivity contribution in [3.8, 4) is 11.1 Å². The van der Waals surface area contributed by atoms with E-state index in [2.05, 4.69) is 0 Å². The van der Waals surface area contributed by atoms with Crippen LogP contribution in [0.1, 0.15) is 36.0 Å². The fourth-order valence-electron chi connectivity index (χ4n) is 3.56. The molecule has 2 aromatic rings. The van der Waals surface area contributed by atoms with Crippen LogP contribution in [0.25, 0.3) is 11.1 Å². The van der Waals surface area contributed by atoms with Crippen molar-refractivity contribution < 1.29 is 18.8 Å². The summed E-state index contributed by atoms with van der Waals surface area (Å²) in [5.74, 6) is -1.67. The van der Waals surface area contributed by atoms with Gasteiger partial charge in [-0.25, -0.2) is 4.39 Å². The number of Topliss-reactive ketones (excluding diaryl/α,β-unsaturated/α-hetero) is 1. The van der Waals surface area contributed by atoms with E-state index in [4.69, 9.17) is 5.73 Å². The van der Waals surface area contributed by atoms with E-state index in [1.54, 1.807) is 17.0 Å². The third-order valence-electron chi connectivity index (χ3n) is 5.07. The van der Waals surface area contributed by atoms with Crippen molar-refractivity contribution >= 4 is 17.6 Å². The molecule has 0 aliphatic carbocycles. The molecule has 28 heavy (non-hydrogen) atoms. The molecule has 0 saturated carbocycles. The van der Waals surface area contributed by atoms with E-state index >= 15 is 0 Å². The van der Waals surface area contributed by atoms with E-state index in [0.29, 0.717) is 37.1 Å².